The van der Waals surface area contributed by atoms with Gasteiger partial charge in [0.25, 0.3) is 5.56 Å². The SMILES string of the molecule is CC(CC#N)OCOCO[C@H]1C2O[Si](C(C)C)(C(C)C)O[Si](C(C)C)(C(C)C)OCC2OC1n1ccc(=O)[nH]c1=O. The molecule has 5 atom stereocenters. The van der Waals surface area contributed by atoms with Gasteiger partial charge in [0.1, 0.15) is 31.9 Å². The monoisotopic (exact) mass is 613 g/mol. The quantitative estimate of drug-likeness (QED) is 0.208. The van der Waals surface area contributed by atoms with Crippen LogP contribution >= 0.6 is 0 Å². The van der Waals surface area contributed by atoms with Crippen LogP contribution in [-0.2, 0) is 31.9 Å². The molecule has 2 aliphatic heterocycles. The zero-order chi connectivity index (χ0) is 30.5. The minimum absolute atomic E-state index is 0.0750. The van der Waals surface area contributed by atoms with Gasteiger partial charge in [0, 0.05) is 12.3 Å². The minimum Gasteiger partial charge on any atom is -0.414 e. The van der Waals surface area contributed by atoms with E-state index in [9.17, 15) is 9.59 Å². The van der Waals surface area contributed by atoms with Crippen molar-refractivity contribution in [2.75, 3.05) is 20.2 Å². The predicted molar refractivity (Wildman–Crippen MR) is 156 cm³/mol. The van der Waals surface area contributed by atoms with E-state index in [-0.39, 0.29) is 54.9 Å². The van der Waals surface area contributed by atoms with Crippen LogP contribution in [0.4, 0.5) is 0 Å². The Balaban J connectivity index is 2.00. The summed E-state index contributed by atoms with van der Waals surface area (Å²) in [5.74, 6) is 0. The Bertz CT molecular complexity index is 1130. The van der Waals surface area contributed by atoms with Crippen molar-refractivity contribution in [1.29, 1.82) is 5.26 Å². The molecule has 0 aliphatic carbocycles. The summed E-state index contributed by atoms with van der Waals surface area (Å²) in [5.41, 5.74) is -0.651. The van der Waals surface area contributed by atoms with Crippen LogP contribution in [0.25, 0.3) is 0 Å². The van der Waals surface area contributed by atoms with Crippen LogP contribution in [0.2, 0.25) is 22.2 Å². The van der Waals surface area contributed by atoms with Crippen molar-refractivity contribution in [3.63, 3.8) is 0 Å². The Morgan fingerprint density at radius 1 is 1.02 bits per heavy atom. The van der Waals surface area contributed by atoms with Gasteiger partial charge in [0.05, 0.1) is 25.2 Å². The molecule has 1 aromatic rings. The Labute approximate surface area is 244 Å². The molecule has 0 radical (unpaired) electrons. The van der Waals surface area contributed by atoms with Crippen molar-refractivity contribution in [1.82, 2.24) is 9.55 Å². The van der Waals surface area contributed by atoms with Crippen molar-refractivity contribution < 1.29 is 31.9 Å². The summed E-state index contributed by atoms with van der Waals surface area (Å²) >= 11 is 0. The maximum atomic E-state index is 12.9. The zero-order valence-electron chi connectivity index (χ0n) is 25.7. The van der Waals surface area contributed by atoms with E-state index in [4.69, 9.17) is 37.2 Å². The van der Waals surface area contributed by atoms with Gasteiger partial charge in [-0.2, -0.15) is 5.26 Å². The highest BCUT2D eigenvalue weighted by atomic mass is 28.5. The van der Waals surface area contributed by atoms with Gasteiger partial charge in [-0.05, 0) is 29.1 Å². The van der Waals surface area contributed by atoms with Gasteiger partial charge < -0.3 is 31.9 Å². The molecule has 3 rings (SSSR count). The van der Waals surface area contributed by atoms with Crippen molar-refractivity contribution in [3.05, 3.63) is 33.1 Å². The summed E-state index contributed by atoms with van der Waals surface area (Å²) in [6.45, 7) is 18.8. The fraction of sp³-hybridized carbons (Fsp3) is 0.815. The molecule has 1 N–H and O–H groups in total. The molecule has 1 aromatic heterocycles. The average molecular weight is 614 g/mol. The fourth-order valence-electron chi connectivity index (χ4n) is 5.66. The average Bonchev–Trinajstić information content (AvgIpc) is 3.19. The van der Waals surface area contributed by atoms with E-state index in [0.29, 0.717) is 0 Å². The van der Waals surface area contributed by atoms with Crippen LogP contribution < -0.4 is 11.2 Å². The summed E-state index contributed by atoms with van der Waals surface area (Å²) in [7, 11) is -5.81. The molecule has 3 heterocycles. The van der Waals surface area contributed by atoms with Crippen LogP contribution in [0.3, 0.4) is 0 Å². The predicted octanol–water partition coefficient (Wildman–Crippen LogP) is 4.03. The maximum Gasteiger partial charge on any atom is 0.335 e. The third kappa shape index (κ3) is 7.28. The Hall–Kier alpha value is -1.68. The minimum atomic E-state index is -3.00. The van der Waals surface area contributed by atoms with Crippen LogP contribution in [0.15, 0.2) is 21.9 Å². The first-order valence-corrected chi connectivity index (χ1v) is 18.4. The lowest BCUT2D eigenvalue weighted by Gasteiger charge is -2.51. The number of fused-ring (bicyclic) bond motifs is 1. The van der Waals surface area contributed by atoms with Crippen molar-refractivity contribution in [2.24, 2.45) is 0 Å². The highest BCUT2D eigenvalue weighted by Gasteiger charge is 2.62. The maximum absolute atomic E-state index is 12.9. The lowest BCUT2D eigenvalue weighted by molar-refractivity contribution is -0.183. The van der Waals surface area contributed by atoms with E-state index in [2.05, 4.69) is 66.4 Å². The van der Waals surface area contributed by atoms with E-state index in [1.807, 2.05) is 0 Å². The zero-order valence-corrected chi connectivity index (χ0v) is 27.7. The summed E-state index contributed by atoms with van der Waals surface area (Å²) in [4.78, 5) is 27.0. The van der Waals surface area contributed by atoms with Crippen LogP contribution in [-0.4, -0.2) is 71.3 Å². The van der Waals surface area contributed by atoms with Crippen molar-refractivity contribution >= 4 is 17.1 Å². The molecule has 41 heavy (non-hydrogen) atoms. The molecule has 0 aromatic carbocycles. The number of nitrogens with one attached hydrogen (secondary N) is 1. The first-order chi connectivity index (χ1) is 19.3. The van der Waals surface area contributed by atoms with E-state index in [1.165, 1.54) is 16.8 Å². The number of hydrogen-bond donors (Lipinski definition) is 1. The second kappa shape index (κ2) is 14.2. The largest absolute Gasteiger partial charge is 0.414 e. The first kappa shape index (κ1) is 33.8. The van der Waals surface area contributed by atoms with Gasteiger partial charge in [-0.25, -0.2) is 4.79 Å². The molecule has 2 fully saturated rings. The second-order valence-electron chi connectivity index (χ2n) is 12.1. The molecule has 4 unspecified atom stereocenters. The molecular formula is C27H47N3O9Si2. The van der Waals surface area contributed by atoms with Crippen LogP contribution in [0, 0.1) is 11.3 Å². The Morgan fingerprint density at radius 2 is 1.66 bits per heavy atom. The Morgan fingerprint density at radius 3 is 2.22 bits per heavy atom. The van der Waals surface area contributed by atoms with E-state index >= 15 is 0 Å². The third-order valence-electron chi connectivity index (χ3n) is 7.90. The molecule has 0 spiro atoms. The Kier molecular flexibility index (Phi) is 11.7. The smallest absolute Gasteiger partial charge is 0.335 e. The molecule has 14 heteroatoms. The number of H-pyrrole nitrogens is 1. The van der Waals surface area contributed by atoms with E-state index in [1.54, 1.807) is 6.92 Å². The van der Waals surface area contributed by atoms with E-state index in [0.717, 1.165) is 0 Å². The third-order valence-corrected chi connectivity index (χ3v) is 18.1. The van der Waals surface area contributed by atoms with Gasteiger partial charge >= 0.3 is 22.8 Å². The first-order valence-electron chi connectivity index (χ1n) is 14.5. The van der Waals surface area contributed by atoms with Gasteiger partial charge in [-0.15, -0.1) is 0 Å². The molecule has 12 nitrogen and oxygen atoms in total. The molecule has 2 saturated heterocycles. The lowest BCUT2D eigenvalue weighted by Crippen LogP contribution is -2.66. The number of nitriles is 1. The van der Waals surface area contributed by atoms with Crippen molar-refractivity contribution in [3.8, 4) is 6.07 Å². The number of nitrogens with zero attached hydrogens (tertiary/aromatic N) is 2. The number of aromatic nitrogens is 2. The van der Waals surface area contributed by atoms with Crippen LogP contribution in [0.1, 0.15) is 75.0 Å². The number of ether oxygens (including phenoxy) is 4. The highest BCUT2D eigenvalue weighted by Crippen LogP contribution is 2.48. The molecule has 0 saturated carbocycles. The number of rotatable bonds is 12. The molecule has 0 amide bonds. The summed E-state index contributed by atoms with van der Waals surface area (Å²) < 4.78 is 46.3. The summed E-state index contributed by atoms with van der Waals surface area (Å²) in [5, 5.41) is 8.84. The van der Waals surface area contributed by atoms with Crippen molar-refractivity contribution in [2.45, 2.75) is 122 Å². The van der Waals surface area contributed by atoms with Gasteiger partial charge in [0.15, 0.2) is 6.23 Å². The lowest BCUT2D eigenvalue weighted by atomic mass is 10.1. The topological polar surface area (TPSA) is 143 Å². The highest BCUT2D eigenvalue weighted by molar-refractivity contribution is 6.84. The molecule has 0 bridgehead atoms. The molecular weight excluding hydrogens is 566 g/mol. The fourth-order valence-corrected chi connectivity index (χ4v) is 16.9. The normalized spacial score (nSPS) is 26.6. The molecule has 232 valence electrons. The number of hydrogen-bond acceptors (Lipinski definition) is 10. The molecule has 2 aliphatic rings. The number of aromatic amines is 1. The van der Waals surface area contributed by atoms with Crippen LogP contribution in [0.5, 0.6) is 0 Å². The summed E-state index contributed by atoms with van der Waals surface area (Å²) in [6.07, 6.45) is -1.56. The van der Waals surface area contributed by atoms with E-state index < -0.39 is 52.9 Å². The van der Waals surface area contributed by atoms with Gasteiger partial charge in [0.2, 0.25) is 0 Å². The standard InChI is InChI=1S/C27H47N3O9Si2/c1-17(2)40(18(3)4)36-14-22-24(38-41(39-40,19(5)6)20(7)8)25(35-16-33-15-34-21(9)10-12-28)26(37-22)30-13-11-23(31)29-27(30)32/h11,13,17-22,24-26H,10,14-16H2,1-9H3,(H,29,31,32)/t21?,22?,24?,25-,26?/m0/s1. The second-order valence-corrected chi connectivity index (χ2v) is 20.9. The van der Waals surface area contributed by atoms with Gasteiger partial charge in [-0.3, -0.25) is 14.3 Å². The summed E-state index contributed by atoms with van der Waals surface area (Å²) in [6, 6.07) is 3.32. The van der Waals surface area contributed by atoms with Gasteiger partial charge in [-0.1, -0.05) is 55.4 Å².